The van der Waals surface area contributed by atoms with Crippen LogP contribution in [0.2, 0.25) is 0 Å². The van der Waals surface area contributed by atoms with Crippen LogP contribution in [0.25, 0.3) is 0 Å². The maximum Gasteiger partial charge on any atom is 0.0603 e. The van der Waals surface area contributed by atoms with Gasteiger partial charge in [0.25, 0.3) is 0 Å². The topological polar surface area (TPSA) is 12.9 Å². The summed E-state index contributed by atoms with van der Waals surface area (Å²) in [6.07, 6.45) is 5.21. The molecule has 1 aliphatic rings. The standard InChI is InChI=1S/C9H10ClN/c10-8-4-1-5-9-7(8)3-2-6-11-9/h2-3,6,8H,1,4-5H2. The molecule has 58 valence electrons. The molecule has 0 bridgehead atoms. The Morgan fingerprint density at radius 3 is 3.27 bits per heavy atom. The predicted molar refractivity (Wildman–Crippen MR) is 45.8 cm³/mol. The molecule has 1 heterocycles. The predicted octanol–water partition coefficient (Wildman–Crippen LogP) is 2.70. The highest BCUT2D eigenvalue weighted by atomic mass is 35.5. The van der Waals surface area contributed by atoms with Gasteiger partial charge < -0.3 is 0 Å². The number of halogens is 1. The van der Waals surface area contributed by atoms with E-state index in [0.29, 0.717) is 0 Å². The summed E-state index contributed by atoms with van der Waals surface area (Å²) in [4.78, 5) is 4.29. The van der Waals surface area contributed by atoms with Gasteiger partial charge >= 0.3 is 0 Å². The minimum Gasteiger partial charge on any atom is -0.261 e. The van der Waals surface area contributed by atoms with Crippen molar-refractivity contribution in [3.63, 3.8) is 0 Å². The quantitative estimate of drug-likeness (QED) is 0.542. The van der Waals surface area contributed by atoms with Crippen LogP contribution in [0, 0.1) is 0 Å². The fraction of sp³-hybridized carbons (Fsp3) is 0.444. The highest BCUT2D eigenvalue weighted by Gasteiger charge is 2.17. The Hall–Kier alpha value is -0.560. The van der Waals surface area contributed by atoms with Gasteiger partial charge in [-0.25, -0.2) is 0 Å². The third-order valence-corrected chi connectivity index (χ3v) is 2.59. The summed E-state index contributed by atoms with van der Waals surface area (Å²) in [5, 5.41) is 0.201. The van der Waals surface area contributed by atoms with Crippen molar-refractivity contribution in [3.8, 4) is 0 Å². The molecule has 1 aromatic rings. The van der Waals surface area contributed by atoms with E-state index < -0.39 is 0 Å². The zero-order valence-electron chi connectivity index (χ0n) is 6.26. The Bertz CT molecular complexity index is 259. The second kappa shape index (κ2) is 2.82. The van der Waals surface area contributed by atoms with E-state index in [4.69, 9.17) is 11.6 Å². The molecule has 1 aliphatic carbocycles. The van der Waals surface area contributed by atoms with E-state index in [2.05, 4.69) is 11.1 Å². The minimum absolute atomic E-state index is 0.201. The van der Waals surface area contributed by atoms with Gasteiger partial charge in [-0.2, -0.15) is 0 Å². The average Bonchev–Trinajstić information content (AvgIpc) is 2.06. The molecule has 0 radical (unpaired) electrons. The van der Waals surface area contributed by atoms with Crippen LogP contribution in [0.4, 0.5) is 0 Å². The molecule has 11 heavy (non-hydrogen) atoms. The normalized spacial score (nSPS) is 22.8. The lowest BCUT2D eigenvalue weighted by Gasteiger charge is -2.18. The molecule has 0 amide bonds. The maximum atomic E-state index is 6.11. The van der Waals surface area contributed by atoms with Gasteiger partial charge in [-0.1, -0.05) is 6.07 Å². The second-order valence-corrected chi connectivity index (χ2v) is 3.43. The van der Waals surface area contributed by atoms with Crippen LogP contribution in [-0.4, -0.2) is 4.98 Å². The molecular formula is C9H10ClN. The highest BCUT2D eigenvalue weighted by Crippen LogP contribution is 2.32. The van der Waals surface area contributed by atoms with E-state index in [0.717, 1.165) is 12.8 Å². The molecule has 2 heteroatoms. The first-order valence-electron chi connectivity index (χ1n) is 3.96. The van der Waals surface area contributed by atoms with Gasteiger partial charge in [-0.3, -0.25) is 4.98 Å². The molecule has 0 fully saturated rings. The lowest BCUT2D eigenvalue weighted by molar-refractivity contribution is 0.651. The summed E-state index contributed by atoms with van der Waals surface area (Å²) in [7, 11) is 0. The average molecular weight is 168 g/mol. The number of pyridine rings is 1. The van der Waals surface area contributed by atoms with Gasteiger partial charge in [0, 0.05) is 11.9 Å². The van der Waals surface area contributed by atoms with Crippen molar-refractivity contribution in [2.24, 2.45) is 0 Å². The molecule has 0 saturated carbocycles. The molecule has 0 N–H and O–H groups in total. The van der Waals surface area contributed by atoms with Crippen molar-refractivity contribution in [1.29, 1.82) is 0 Å². The van der Waals surface area contributed by atoms with Crippen molar-refractivity contribution in [3.05, 3.63) is 29.6 Å². The molecule has 0 aliphatic heterocycles. The molecule has 0 saturated heterocycles. The minimum atomic E-state index is 0.201. The van der Waals surface area contributed by atoms with E-state index in [1.165, 1.54) is 17.7 Å². The first-order chi connectivity index (χ1) is 5.38. The summed E-state index contributed by atoms with van der Waals surface area (Å²) in [6, 6.07) is 4.04. The van der Waals surface area contributed by atoms with Crippen LogP contribution in [0.3, 0.4) is 0 Å². The SMILES string of the molecule is ClC1CCCc2ncccc21. The van der Waals surface area contributed by atoms with E-state index in [9.17, 15) is 0 Å². The maximum absolute atomic E-state index is 6.11. The number of fused-ring (bicyclic) bond motifs is 1. The summed E-state index contributed by atoms with van der Waals surface area (Å²) < 4.78 is 0. The van der Waals surface area contributed by atoms with Crippen molar-refractivity contribution in [2.75, 3.05) is 0 Å². The van der Waals surface area contributed by atoms with E-state index >= 15 is 0 Å². The van der Waals surface area contributed by atoms with Crippen molar-refractivity contribution >= 4 is 11.6 Å². The number of rotatable bonds is 0. The second-order valence-electron chi connectivity index (χ2n) is 2.90. The monoisotopic (exact) mass is 167 g/mol. The van der Waals surface area contributed by atoms with Crippen LogP contribution >= 0.6 is 11.6 Å². The molecule has 0 aromatic carbocycles. The number of nitrogens with zero attached hydrogens (tertiary/aromatic N) is 1. The zero-order chi connectivity index (χ0) is 7.68. The number of hydrogen-bond donors (Lipinski definition) is 0. The Labute approximate surface area is 71.4 Å². The number of alkyl halides is 1. The molecule has 1 aromatic heterocycles. The third-order valence-electron chi connectivity index (χ3n) is 2.13. The van der Waals surface area contributed by atoms with Gasteiger partial charge in [-0.05, 0) is 30.9 Å². The Morgan fingerprint density at radius 2 is 2.45 bits per heavy atom. The molecular weight excluding hydrogens is 158 g/mol. The van der Waals surface area contributed by atoms with Crippen LogP contribution in [0.5, 0.6) is 0 Å². The smallest absolute Gasteiger partial charge is 0.0603 e. The molecule has 1 atom stereocenters. The summed E-state index contributed by atoms with van der Waals surface area (Å²) in [5.41, 5.74) is 2.43. The van der Waals surface area contributed by atoms with E-state index in [1.54, 1.807) is 0 Å². The first-order valence-corrected chi connectivity index (χ1v) is 4.39. The number of aromatic nitrogens is 1. The molecule has 0 spiro atoms. The van der Waals surface area contributed by atoms with Crippen molar-refractivity contribution < 1.29 is 0 Å². The van der Waals surface area contributed by atoms with Crippen LogP contribution in [-0.2, 0) is 6.42 Å². The lowest BCUT2D eigenvalue weighted by atomic mass is 9.96. The van der Waals surface area contributed by atoms with Gasteiger partial charge in [0.1, 0.15) is 0 Å². The Morgan fingerprint density at radius 1 is 1.55 bits per heavy atom. The number of aryl methyl sites for hydroxylation is 1. The van der Waals surface area contributed by atoms with Gasteiger partial charge in [0.05, 0.1) is 5.38 Å². The van der Waals surface area contributed by atoms with Gasteiger partial charge in [0.15, 0.2) is 0 Å². The van der Waals surface area contributed by atoms with Crippen LogP contribution in [0.15, 0.2) is 18.3 Å². The number of hydrogen-bond acceptors (Lipinski definition) is 1. The first kappa shape index (κ1) is 7.11. The molecule has 2 rings (SSSR count). The van der Waals surface area contributed by atoms with Crippen molar-refractivity contribution in [1.82, 2.24) is 4.98 Å². The molecule has 1 unspecified atom stereocenters. The Balaban J connectivity index is 2.44. The van der Waals surface area contributed by atoms with Gasteiger partial charge in [-0.15, -0.1) is 11.6 Å². The molecule has 1 nitrogen and oxygen atoms in total. The van der Waals surface area contributed by atoms with Gasteiger partial charge in [0.2, 0.25) is 0 Å². The summed E-state index contributed by atoms with van der Waals surface area (Å²) in [5.74, 6) is 0. The van der Waals surface area contributed by atoms with E-state index in [-0.39, 0.29) is 5.38 Å². The van der Waals surface area contributed by atoms with Crippen LogP contribution in [0.1, 0.15) is 29.5 Å². The highest BCUT2D eigenvalue weighted by molar-refractivity contribution is 6.20. The van der Waals surface area contributed by atoms with E-state index in [1.807, 2.05) is 12.3 Å². The zero-order valence-corrected chi connectivity index (χ0v) is 7.01. The summed E-state index contributed by atoms with van der Waals surface area (Å²) in [6.45, 7) is 0. The third kappa shape index (κ3) is 1.25. The Kier molecular flexibility index (Phi) is 1.82. The lowest BCUT2D eigenvalue weighted by Crippen LogP contribution is -2.06. The van der Waals surface area contributed by atoms with Crippen LogP contribution < -0.4 is 0 Å². The summed E-state index contributed by atoms with van der Waals surface area (Å²) >= 11 is 6.11. The largest absolute Gasteiger partial charge is 0.261 e. The van der Waals surface area contributed by atoms with Crippen molar-refractivity contribution in [2.45, 2.75) is 24.6 Å². The fourth-order valence-corrected chi connectivity index (χ4v) is 1.90. The fourth-order valence-electron chi connectivity index (χ4n) is 1.55.